The van der Waals surface area contributed by atoms with Crippen molar-refractivity contribution in [2.45, 2.75) is 30.0 Å². The SMILES string of the molecule is C[Si](C)(C)c1cc(F)c(F)cc1S(=O)(=O)C(F)(F)F. The molecule has 0 aliphatic rings. The molecule has 0 aromatic heterocycles. The summed E-state index contributed by atoms with van der Waals surface area (Å²) in [7, 11) is -8.31. The van der Waals surface area contributed by atoms with Gasteiger partial charge in [-0.1, -0.05) is 19.6 Å². The van der Waals surface area contributed by atoms with E-state index >= 15 is 0 Å². The fourth-order valence-electron chi connectivity index (χ4n) is 1.46. The van der Waals surface area contributed by atoms with Crippen LogP contribution in [0.4, 0.5) is 22.0 Å². The van der Waals surface area contributed by atoms with Crippen molar-refractivity contribution in [3.8, 4) is 0 Å². The molecule has 1 rings (SSSR count). The Balaban J connectivity index is 3.75. The maximum atomic E-state index is 13.1. The van der Waals surface area contributed by atoms with Crippen LogP contribution in [-0.4, -0.2) is 22.0 Å². The summed E-state index contributed by atoms with van der Waals surface area (Å²) in [5.41, 5.74) is -5.55. The van der Waals surface area contributed by atoms with Crippen LogP contribution in [0.1, 0.15) is 0 Å². The topological polar surface area (TPSA) is 34.1 Å². The third-order valence-electron chi connectivity index (χ3n) is 2.42. The van der Waals surface area contributed by atoms with Gasteiger partial charge in [0.15, 0.2) is 11.6 Å². The first kappa shape index (κ1) is 16.1. The lowest BCUT2D eigenvalue weighted by Gasteiger charge is -2.21. The van der Waals surface area contributed by atoms with Crippen molar-refractivity contribution < 1.29 is 30.4 Å². The maximum Gasteiger partial charge on any atom is 0.501 e. The van der Waals surface area contributed by atoms with E-state index in [1.807, 2.05) is 0 Å². The summed E-state index contributed by atoms with van der Waals surface area (Å²) in [6.45, 7) is 4.61. The molecular weight excluding hydrogens is 307 g/mol. The molecule has 9 heteroatoms. The minimum absolute atomic E-state index is 0.103. The number of rotatable bonds is 2. The number of hydrogen-bond donors (Lipinski definition) is 0. The van der Waals surface area contributed by atoms with Crippen LogP contribution in [0.5, 0.6) is 0 Å². The largest absolute Gasteiger partial charge is 0.501 e. The van der Waals surface area contributed by atoms with Crippen molar-refractivity contribution in [3.63, 3.8) is 0 Å². The molecule has 0 bridgehead atoms. The van der Waals surface area contributed by atoms with Gasteiger partial charge < -0.3 is 0 Å². The van der Waals surface area contributed by atoms with Crippen molar-refractivity contribution in [3.05, 3.63) is 23.8 Å². The van der Waals surface area contributed by atoms with Crippen LogP contribution in [0.15, 0.2) is 17.0 Å². The Labute approximate surface area is 108 Å². The van der Waals surface area contributed by atoms with E-state index in [2.05, 4.69) is 0 Å². The van der Waals surface area contributed by atoms with Crippen LogP contribution in [0.3, 0.4) is 0 Å². The standard InChI is InChI=1S/C10H11F5O2SSi/c1-19(2,3)9-5-7(12)6(11)4-8(9)18(16,17)10(13,14)15/h4-5H,1-3H3. The Morgan fingerprint density at radius 2 is 1.42 bits per heavy atom. The molecule has 0 fully saturated rings. The summed E-state index contributed by atoms with van der Waals surface area (Å²) >= 11 is 0. The van der Waals surface area contributed by atoms with Crippen LogP contribution in [0, 0.1) is 11.6 Å². The minimum atomic E-state index is -5.70. The third kappa shape index (κ3) is 2.97. The summed E-state index contributed by atoms with van der Waals surface area (Å²) in [5, 5.41) is -0.288. The first-order chi connectivity index (χ1) is 8.28. The van der Waals surface area contributed by atoms with Crippen molar-refractivity contribution in [1.29, 1.82) is 0 Å². The predicted octanol–water partition coefficient (Wildman–Crippen LogP) is 2.80. The van der Waals surface area contributed by atoms with Gasteiger partial charge in [-0.2, -0.15) is 13.2 Å². The highest BCUT2D eigenvalue weighted by Gasteiger charge is 2.49. The summed E-state index contributed by atoms with van der Waals surface area (Å²) in [6, 6.07) is 0.645. The number of halogens is 5. The average molecular weight is 318 g/mol. The van der Waals surface area contributed by atoms with E-state index in [0.29, 0.717) is 6.07 Å². The third-order valence-corrected chi connectivity index (χ3v) is 6.16. The van der Waals surface area contributed by atoms with E-state index in [1.54, 1.807) is 0 Å². The first-order valence-corrected chi connectivity index (χ1v) is 10.1. The van der Waals surface area contributed by atoms with Gasteiger partial charge >= 0.3 is 5.51 Å². The molecule has 0 aliphatic heterocycles. The monoisotopic (exact) mass is 318 g/mol. The van der Waals surface area contributed by atoms with Gasteiger partial charge in [0.2, 0.25) is 0 Å². The van der Waals surface area contributed by atoms with Gasteiger partial charge in [0.05, 0.1) is 13.0 Å². The molecule has 2 nitrogen and oxygen atoms in total. The molecule has 0 heterocycles. The molecule has 0 saturated heterocycles. The smallest absolute Gasteiger partial charge is 0.214 e. The molecule has 0 saturated carbocycles. The molecule has 1 aromatic rings. The van der Waals surface area contributed by atoms with Gasteiger partial charge in [0.25, 0.3) is 9.84 Å². The van der Waals surface area contributed by atoms with Crippen LogP contribution in [0.25, 0.3) is 0 Å². The van der Waals surface area contributed by atoms with Crippen LogP contribution in [0.2, 0.25) is 19.6 Å². The molecule has 0 unspecified atom stereocenters. The summed E-state index contributed by atoms with van der Waals surface area (Å²) in [6.07, 6.45) is 0. The lowest BCUT2D eigenvalue weighted by molar-refractivity contribution is -0.0435. The number of sulfone groups is 1. The van der Waals surface area contributed by atoms with Gasteiger partial charge in [-0.15, -0.1) is 0 Å². The lowest BCUT2D eigenvalue weighted by Crippen LogP contribution is -2.43. The van der Waals surface area contributed by atoms with E-state index in [0.717, 1.165) is 0 Å². The second-order valence-corrected chi connectivity index (χ2v) is 11.9. The molecule has 108 valence electrons. The molecule has 0 atom stereocenters. The molecule has 0 spiro atoms. The molecule has 0 N–H and O–H groups in total. The highest BCUT2D eigenvalue weighted by atomic mass is 32.2. The Bertz CT molecular complexity index is 602. The predicted molar refractivity (Wildman–Crippen MR) is 62.6 cm³/mol. The number of alkyl halides is 3. The zero-order valence-corrected chi connectivity index (χ0v) is 12.1. The molecule has 19 heavy (non-hydrogen) atoms. The van der Waals surface area contributed by atoms with Gasteiger partial charge in [-0.25, -0.2) is 17.2 Å². The first-order valence-electron chi connectivity index (χ1n) is 5.09. The molecule has 0 aliphatic carbocycles. The Hall–Kier alpha value is -0.963. The lowest BCUT2D eigenvalue weighted by atomic mass is 10.3. The van der Waals surface area contributed by atoms with Crippen molar-refractivity contribution in [1.82, 2.24) is 0 Å². The normalized spacial score (nSPS) is 13.7. The van der Waals surface area contributed by atoms with Crippen molar-refractivity contribution >= 4 is 23.1 Å². The van der Waals surface area contributed by atoms with Crippen LogP contribution < -0.4 is 5.19 Å². The average Bonchev–Trinajstić information content (AvgIpc) is 2.17. The second kappa shape index (κ2) is 4.55. The zero-order valence-electron chi connectivity index (χ0n) is 10.3. The summed E-state index contributed by atoms with van der Waals surface area (Å²) < 4.78 is 86.6. The molecule has 1 aromatic carbocycles. The highest BCUT2D eigenvalue weighted by Crippen LogP contribution is 2.31. The van der Waals surface area contributed by atoms with Gasteiger partial charge in [-0.3, -0.25) is 0 Å². The van der Waals surface area contributed by atoms with E-state index < -0.39 is 39.9 Å². The van der Waals surface area contributed by atoms with Crippen molar-refractivity contribution in [2.75, 3.05) is 0 Å². The number of benzene rings is 1. The highest BCUT2D eigenvalue weighted by molar-refractivity contribution is 7.92. The van der Waals surface area contributed by atoms with Gasteiger partial charge in [-0.05, 0) is 17.3 Å². The molecule has 0 amide bonds. The summed E-state index contributed by atoms with van der Waals surface area (Å²) in [5.74, 6) is -2.98. The second-order valence-electron chi connectivity index (χ2n) is 4.96. The molecular formula is C10H11F5O2SSi. The number of hydrogen-bond acceptors (Lipinski definition) is 2. The van der Waals surface area contributed by atoms with E-state index in [4.69, 9.17) is 0 Å². The Morgan fingerprint density at radius 3 is 1.79 bits per heavy atom. The van der Waals surface area contributed by atoms with Gasteiger partial charge in [0, 0.05) is 0 Å². The van der Waals surface area contributed by atoms with Crippen LogP contribution in [-0.2, 0) is 9.84 Å². The van der Waals surface area contributed by atoms with Gasteiger partial charge in [0.1, 0.15) is 0 Å². The quantitative estimate of drug-likeness (QED) is 0.477. The Morgan fingerprint density at radius 1 is 1.00 bits per heavy atom. The van der Waals surface area contributed by atoms with Crippen molar-refractivity contribution in [2.24, 2.45) is 0 Å². The van der Waals surface area contributed by atoms with E-state index in [1.165, 1.54) is 19.6 Å². The summed E-state index contributed by atoms with van der Waals surface area (Å²) in [4.78, 5) is -1.20. The molecule has 0 radical (unpaired) electrons. The fourth-order valence-corrected chi connectivity index (χ4v) is 5.01. The minimum Gasteiger partial charge on any atom is -0.214 e. The maximum absolute atomic E-state index is 13.1. The zero-order chi connectivity index (χ0) is 15.2. The van der Waals surface area contributed by atoms with Crippen LogP contribution >= 0.6 is 0 Å². The van der Waals surface area contributed by atoms with E-state index in [9.17, 15) is 30.4 Å². The Kier molecular flexibility index (Phi) is 3.85. The van der Waals surface area contributed by atoms with E-state index in [-0.39, 0.29) is 11.3 Å². The fraction of sp³-hybridized carbons (Fsp3) is 0.400.